The minimum Gasteiger partial charge on any atom is -0.497 e. The number of nitrogens with zero attached hydrogens (tertiary/aromatic N) is 3. The van der Waals surface area contributed by atoms with Crippen molar-refractivity contribution in [3.63, 3.8) is 0 Å². The van der Waals surface area contributed by atoms with Crippen molar-refractivity contribution in [3.05, 3.63) is 35.0 Å². The SMILES string of the molecule is CCCc1cc(N(CC)CC)nc(Nc2cc(OC)ccc2Cl)n1. The molecule has 0 atom stereocenters. The summed E-state index contributed by atoms with van der Waals surface area (Å²) in [5, 5.41) is 3.83. The molecule has 0 aliphatic rings. The van der Waals surface area contributed by atoms with Crippen LogP contribution in [0.2, 0.25) is 5.02 Å². The Morgan fingerprint density at radius 3 is 2.50 bits per heavy atom. The van der Waals surface area contributed by atoms with Gasteiger partial charge >= 0.3 is 0 Å². The summed E-state index contributed by atoms with van der Waals surface area (Å²) in [6.07, 6.45) is 1.95. The summed E-state index contributed by atoms with van der Waals surface area (Å²) in [6.45, 7) is 8.19. The van der Waals surface area contributed by atoms with Crippen LogP contribution in [0.25, 0.3) is 0 Å². The van der Waals surface area contributed by atoms with Crippen LogP contribution < -0.4 is 15.0 Å². The van der Waals surface area contributed by atoms with Crippen LogP contribution in [0.1, 0.15) is 32.9 Å². The third-order valence-electron chi connectivity index (χ3n) is 3.78. The van der Waals surface area contributed by atoms with E-state index in [-0.39, 0.29) is 0 Å². The van der Waals surface area contributed by atoms with Crippen LogP contribution in [-0.2, 0) is 6.42 Å². The number of nitrogens with one attached hydrogen (secondary N) is 1. The summed E-state index contributed by atoms with van der Waals surface area (Å²) in [4.78, 5) is 11.5. The Morgan fingerprint density at radius 2 is 1.88 bits per heavy atom. The number of rotatable bonds is 8. The van der Waals surface area contributed by atoms with E-state index in [9.17, 15) is 0 Å². The molecule has 0 aliphatic heterocycles. The third-order valence-corrected chi connectivity index (χ3v) is 4.11. The zero-order valence-electron chi connectivity index (χ0n) is 14.8. The Bertz CT molecular complexity index is 674. The Morgan fingerprint density at radius 1 is 1.12 bits per heavy atom. The minimum atomic E-state index is 0.554. The topological polar surface area (TPSA) is 50.3 Å². The van der Waals surface area contributed by atoms with Crippen molar-refractivity contribution >= 4 is 29.1 Å². The summed E-state index contributed by atoms with van der Waals surface area (Å²) >= 11 is 6.28. The van der Waals surface area contributed by atoms with Crippen LogP contribution in [0.3, 0.4) is 0 Å². The van der Waals surface area contributed by atoms with Crippen molar-refractivity contribution in [2.24, 2.45) is 0 Å². The first-order chi connectivity index (χ1) is 11.6. The Hall–Kier alpha value is -2.01. The van der Waals surface area contributed by atoms with Crippen molar-refractivity contribution < 1.29 is 4.74 Å². The minimum absolute atomic E-state index is 0.554. The number of hydrogen-bond donors (Lipinski definition) is 1. The van der Waals surface area contributed by atoms with Gasteiger partial charge in [-0.2, -0.15) is 4.98 Å². The van der Waals surface area contributed by atoms with E-state index < -0.39 is 0 Å². The first kappa shape index (κ1) is 18.3. The molecular formula is C18H25ClN4O. The fourth-order valence-electron chi connectivity index (χ4n) is 2.48. The maximum Gasteiger partial charge on any atom is 0.229 e. The number of aryl methyl sites for hydroxylation is 1. The van der Waals surface area contributed by atoms with Crippen molar-refractivity contribution in [2.75, 3.05) is 30.4 Å². The molecule has 2 aromatic rings. The standard InChI is InChI=1S/C18H25ClN4O/c1-5-8-13-11-17(23(6-2)7-3)22-18(20-13)21-16-12-14(24-4)9-10-15(16)19/h9-12H,5-8H2,1-4H3,(H,20,21,22). The van der Waals surface area contributed by atoms with Crippen LogP contribution in [0.5, 0.6) is 5.75 Å². The van der Waals surface area contributed by atoms with E-state index in [0.717, 1.165) is 48.9 Å². The maximum atomic E-state index is 6.28. The summed E-state index contributed by atoms with van der Waals surface area (Å²) in [6, 6.07) is 7.53. The van der Waals surface area contributed by atoms with E-state index in [1.165, 1.54) is 0 Å². The van der Waals surface area contributed by atoms with Gasteiger partial charge in [-0.3, -0.25) is 0 Å². The molecule has 0 saturated carbocycles. The zero-order valence-corrected chi connectivity index (χ0v) is 15.5. The molecule has 24 heavy (non-hydrogen) atoms. The number of ether oxygens (including phenoxy) is 1. The number of hydrogen-bond acceptors (Lipinski definition) is 5. The van der Waals surface area contributed by atoms with Crippen LogP contribution in [0, 0.1) is 0 Å². The lowest BCUT2D eigenvalue weighted by Gasteiger charge is -2.21. The lowest BCUT2D eigenvalue weighted by molar-refractivity contribution is 0.415. The van der Waals surface area contributed by atoms with Gasteiger partial charge in [0.1, 0.15) is 11.6 Å². The van der Waals surface area contributed by atoms with Crippen LogP contribution in [-0.4, -0.2) is 30.2 Å². The molecule has 0 saturated heterocycles. The number of benzene rings is 1. The highest BCUT2D eigenvalue weighted by Gasteiger charge is 2.11. The second-order valence-corrected chi connectivity index (χ2v) is 5.84. The molecule has 2 rings (SSSR count). The van der Waals surface area contributed by atoms with E-state index in [1.54, 1.807) is 13.2 Å². The van der Waals surface area contributed by atoms with E-state index in [4.69, 9.17) is 16.3 Å². The average Bonchev–Trinajstić information content (AvgIpc) is 2.58. The normalized spacial score (nSPS) is 10.5. The van der Waals surface area contributed by atoms with Gasteiger partial charge in [-0.15, -0.1) is 0 Å². The molecule has 130 valence electrons. The van der Waals surface area contributed by atoms with Gasteiger partial charge in [0, 0.05) is 30.9 Å². The molecule has 0 unspecified atom stereocenters. The Balaban J connectivity index is 2.38. The summed E-state index contributed by atoms with van der Waals surface area (Å²) in [5.74, 6) is 2.22. The second-order valence-electron chi connectivity index (χ2n) is 5.43. The van der Waals surface area contributed by atoms with Gasteiger partial charge in [0.15, 0.2) is 0 Å². The molecular weight excluding hydrogens is 324 g/mol. The monoisotopic (exact) mass is 348 g/mol. The van der Waals surface area contributed by atoms with E-state index in [1.807, 2.05) is 12.1 Å². The van der Waals surface area contributed by atoms with Crippen molar-refractivity contribution in [1.29, 1.82) is 0 Å². The summed E-state index contributed by atoms with van der Waals surface area (Å²) in [7, 11) is 1.63. The Labute approximate surface area is 149 Å². The number of methoxy groups -OCH3 is 1. The van der Waals surface area contributed by atoms with E-state index >= 15 is 0 Å². The predicted molar refractivity (Wildman–Crippen MR) is 101 cm³/mol. The van der Waals surface area contributed by atoms with E-state index in [0.29, 0.717) is 11.0 Å². The van der Waals surface area contributed by atoms with Gasteiger partial charge in [0.2, 0.25) is 5.95 Å². The van der Waals surface area contributed by atoms with Crippen molar-refractivity contribution in [3.8, 4) is 5.75 Å². The average molecular weight is 349 g/mol. The molecule has 1 heterocycles. The molecule has 0 spiro atoms. The zero-order chi connectivity index (χ0) is 17.5. The lowest BCUT2D eigenvalue weighted by atomic mass is 10.2. The fraction of sp³-hybridized carbons (Fsp3) is 0.444. The number of aromatic nitrogens is 2. The second kappa shape index (κ2) is 8.73. The van der Waals surface area contributed by atoms with Gasteiger partial charge < -0.3 is 15.0 Å². The molecule has 6 heteroatoms. The molecule has 0 radical (unpaired) electrons. The summed E-state index contributed by atoms with van der Waals surface area (Å²) in [5.41, 5.74) is 1.76. The molecule has 5 nitrogen and oxygen atoms in total. The number of anilines is 3. The lowest BCUT2D eigenvalue weighted by Crippen LogP contribution is -2.23. The van der Waals surface area contributed by atoms with Crippen LogP contribution in [0.4, 0.5) is 17.5 Å². The molecule has 0 fully saturated rings. The van der Waals surface area contributed by atoms with Crippen molar-refractivity contribution in [2.45, 2.75) is 33.6 Å². The highest BCUT2D eigenvalue weighted by atomic mass is 35.5. The molecule has 1 aromatic heterocycles. The molecule has 0 bridgehead atoms. The van der Waals surface area contributed by atoms with Gasteiger partial charge in [-0.1, -0.05) is 24.9 Å². The quantitative estimate of drug-likeness (QED) is 0.750. The molecule has 1 aromatic carbocycles. The third kappa shape index (κ3) is 4.51. The smallest absolute Gasteiger partial charge is 0.229 e. The van der Waals surface area contributed by atoms with Crippen LogP contribution in [0.15, 0.2) is 24.3 Å². The molecule has 0 aliphatic carbocycles. The molecule has 1 N–H and O–H groups in total. The Kier molecular flexibility index (Phi) is 6.67. The molecule has 0 amide bonds. The van der Waals surface area contributed by atoms with Gasteiger partial charge in [0.25, 0.3) is 0 Å². The summed E-state index contributed by atoms with van der Waals surface area (Å²) < 4.78 is 5.26. The fourth-order valence-corrected chi connectivity index (χ4v) is 2.65. The predicted octanol–water partition coefficient (Wildman–Crippen LogP) is 4.68. The van der Waals surface area contributed by atoms with Gasteiger partial charge in [-0.05, 0) is 32.4 Å². The van der Waals surface area contributed by atoms with Gasteiger partial charge in [0.05, 0.1) is 17.8 Å². The first-order valence-corrected chi connectivity index (χ1v) is 8.72. The van der Waals surface area contributed by atoms with Crippen molar-refractivity contribution in [1.82, 2.24) is 9.97 Å². The van der Waals surface area contributed by atoms with E-state index in [2.05, 4.69) is 47.0 Å². The highest BCUT2D eigenvalue weighted by molar-refractivity contribution is 6.33. The first-order valence-electron chi connectivity index (χ1n) is 8.34. The highest BCUT2D eigenvalue weighted by Crippen LogP contribution is 2.29. The van der Waals surface area contributed by atoms with Gasteiger partial charge in [-0.25, -0.2) is 4.98 Å². The van der Waals surface area contributed by atoms with Crippen LogP contribution >= 0.6 is 11.6 Å². The maximum absolute atomic E-state index is 6.28. The number of halogens is 1. The largest absolute Gasteiger partial charge is 0.497 e.